The van der Waals surface area contributed by atoms with Crippen molar-refractivity contribution in [3.05, 3.63) is 102 Å². The van der Waals surface area contributed by atoms with E-state index in [9.17, 15) is 13.2 Å². The minimum atomic E-state index is -3.86. The molecule has 4 heterocycles. The number of carbonyl (C=O) groups is 1. The van der Waals surface area contributed by atoms with Gasteiger partial charge in [0.2, 0.25) is 5.95 Å². The zero-order valence-electron chi connectivity index (χ0n) is 23.1. The lowest BCUT2D eigenvalue weighted by molar-refractivity contribution is 0.0582. The lowest BCUT2D eigenvalue weighted by Gasteiger charge is -2.39. The van der Waals surface area contributed by atoms with Crippen molar-refractivity contribution < 1.29 is 13.2 Å². The number of fused-ring (bicyclic) bond motifs is 3. The number of aromatic nitrogens is 3. The molecule has 3 N–H and O–H groups in total. The molecule has 1 amide bonds. The molecule has 9 nitrogen and oxygen atoms in total. The van der Waals surface area contributed by atoms with Gasteiger partial charge in [-0.2, -0.15) is 0 Å². The molecule has 2 aliphatic heterocycles. The summed E-state index contributed by atoms with van der Waals surface area (Å²) < 4.78 is 28.5. The molecule has 11 heteroatoms. The van der Waals surface area contributed by atoms with Crippen LogP contribution < -0.4 is 11.1 Å². The maximum absolute atomic E-state index is 13.6. The first-order valence-electron chi connectivity index (χ1n) is 14.2. The third-order valence-electron chi connectivity index (χ3n) is 8.44. The highest BCUT2D eigenvalue weighted by molar-refractivity contribution is 7.90. The highest BCUT2D eigenvalue weighted by Crippen LogP contribution is 2.39. The first-order chi connectivity index (χ1) is 20.8. The number of hydrogen-bond acceptors (Lipinski definition) is 7. The highest BCUT2D eigenvalue weighted by Gasteiger charge is 2.43. The van der Waals surface area contributed by atoms with Gasteiger partial charge in [0, 0.05) is 46.5 Å². The smallest absolute Gasteiger partial charge is 0.268 e. The fourth-order valence-electron chi connectivity index (χ4n) is 6.45. The number of para-hydroxylation sites is 1. The van der Waals surface area contributed by atoms with Crippen molar-refractivity contribution >= 4 is 50.1 Å². The second-order valence-electron chi connectivity index (χ2n) is 11.1. The number of hydrogen-bond donors (Lipinski definition) is 2. The molecule has 7 rings (SSSR count). The van der Waals surface area contributed by atoms with Crippen LogP contribution >= 0.6 is 11.6 Å². The molecule has 0 aliphatic carbocycles. The number of benzene rings is 3. The van der Waals surface area contributed by atoms with Crippen LogP contribution in [0.15, 0.2) is 96.2 Å². The van der Waals surface area contributed by atoms with Gasteiger partial charge in [0.05, 0.1) is 27.3 Å². The molecule has 2 aromatic heterocycles. The van der Waals surface area contributed by atoms with Crippen LogP contribution in [-0.2, 0) is 10.0 Å². The van der Waals surface area contributed by atoms with Crippen LogP contribution in [-0.4, -0.2) is 51.3 Å². The molecule has 0 unspecified atom stereocenters. The summed E-state index contributed by atoms with van der Waals surface area (Å²) in [6, 6.07) is 23.0. The van der Waals surface area contributed by atoms with E-state index in [0.29, 0.717) is 44.4 Å². The fourth-order valence-corrected chi connectivity index (χ4v) is 8.04. The number of nitrogens with zero attached hydrogens (tertiary/aromatic N) is 4. The number of nitrogens with two attached hydrogens (primary N) is 1. The molecule has 43 heavy (non-hydrogen) atoms. The van der Waals surface area contributed by atoms with Crippen molar-refractivity contribution in [2.45, 2.75) is 48.7 Å². The van der Waals surface area contributed by atoms with E-state index < -0.39 is 10.0 Å². The Labute approximate surface area is 254 Å². The molecular weight excluding hydrogens is 584 g/mol. The number of piperidine rings is 1. The number of halogens is 1. The third-order valence-corrected chi connectivity index (χ3v) is 10.4. The van der Waals surface area contributed by atoms with E-state index in [2.05, 4.69) is 10.3 Å². The number of nitrogens with one attached hydrogen (secondary N) is 1. The second kappa shape index (κ2) is 10.7. The summed E-state index contributed by atoms with van der Waals surface area (Å²) >= 11 is 6.63. The largest absolute Gasteiger partial charge is 0.399 e. The highest BCUT2D eigenvalue weighted by atomic mass is 35.5. The first kappa shape index (κ1) is 27.4. The van der Waals surface area contributed by atoms with Crippen molar-refractivity contribution in [3.63, 3.8) is 0 Å². The van der Waals surface area contributed by atoms with Gasteiger partial charge < -0.3 is 16.0 Å². The van der Waals surface area contributed by atoms with E-state index in [1.54, 1.807) is 79.1 Å². The van der Waals surface area contributed by atoms with Gasteiger partial charge in [-0.3, -0.25) is 4.79 Å². The lowest BCUT2D eigenvalue weighted by Crippen LogP contribution is -2.49. The summed E-state index contributed by atoms with van der Waals surface area (Å²) in [5.74, 6) is 0.447. The van der Waals surface area contributed by atoms with Crippen LogP contribution in [0.4, 0.5) is 11.6 Å². The monoisotopic (exact) mass is 612 g/mol. The molecule has 2 saturated heterocycles. The van der Waals surface area contributed by atoms with Crippen molar-refractivity contribution in [1.29, 1.82) is 0 Å². The maximum atomic E-state index is 13.6. The van der Waals surface area contributed by atoms with E-state index in [4.69, 9.17) is 22.3 Å². The normalized spacial score (nSPS) is 19.9. The molecule has 0 saturated carbocycles. The Bertz CT molecular complexity index is 1930. The summed E-state index contributed by atoms with van der Waals surface area (Å²) in [6.07, 6.45) is 6.56. The number of nitrogen functional groups attached to an aromatic ring is 1. The van der Waals surface area contributed by atoms with Crippen LogP contribution in [0.2, 0.25) is 5.02 Å². The third kappa shape index (κ3) is 4.90. The predicted molar refractivity (Wildman–Crippen MR) is 167 cm³/mol. The summed E-state index contributed by atoms with van der Waals surface area (Å²) in [6.45, 7) is 0. The van der Waals surface area contributed by atoms with Gasteiger partial charge >= 0.3 is 0 Å². The zero-order chi connectivity index (χ0) is 29.7. The molecule has 5 aromatic rings. The summed E-state index contributed by atoms with van der Waals surface area (Å²) in [5, 5.41) is 4.50. The van der Waals surface area contributed by atoms with Gasteiger partial charge in [-0.1, -0.05) is 48.0 Å². The summed E-state index contributed by atoms with van der Waals surface area (Å²) in [4.78, 5) is 24.8. The van der Waals surface area contributed by atoms with Crippen LogP contribution in [0.25, 0.3) is 22.2 Å². The van der Waals surface area contributed by atoms with Gasteiger partial charge in [-0.15, -0.1) is 0 Å². The molecular formula is C32H29ClN6O3S. The first-order valence-corrected chi connectivity index (χ1v) is 16.0. The molecule has 0 spiro atoms. The molecule has 2 bridgehead atoms. The molecule has 0 radical (unpaired) electrons. The van der Waals surface area contributed by atoms with Crippen LogP contribution in [0, 0.1) is 0 Å². The summed E-state index contributed by atoms with van der Waals surface area (Å²) in [5.41, 5.74) is 8.65. The van der Waals surface area contributed by atoms with Gasteiger partial charge in [-0.05, 0) is 68.1 Å². The Kier molecular flexibility index (Phi) is 6.82. The van der Waals surface area contributed by atoms with E-state index >= 15 is 0 Å². The number of carbonyl (C=O) groups excluding carboxylic acids is 1. The number of amides is 1. The number of rotatable bonds is 6. The molecule has 2 aliphatic rings. The SMILES string of the molecule is Nc1ccc(C(=O)N2[C@@H]3CC[C@H]2C[C@H](Nc2ncc(Cl)c(-c4cn(S(=O)(=O)c5ccccc5)c5ccccc45)n2)C3)cc1. The fraction of sp³-hybridized carbons (Fsp3) is 0.219. The van der Waals surface area contributed by atoms with E-state index in [0.717, 1.165) is 25.7 Å². The standard InChI is InChI=1S/C32H29ClN6O3S/c33-28-18-35-32(36-22-16-23-14-15-24(17-22)39(23)31(40)20-10-12-21(34)13-11-20)37-30(28)27-19-38(29-9-5-4-8-26(27)29)43(41,42)25-6-2-1-3-7-25/h1-13,18-19,22-24H,14-17,34H2,(H,35,36,37)/t22-,23-,24+. The average molecular weight is 613 g/mol. The van der Waals surface area contributed by atoms with Crippen molar-refractivity contribution in [3.8, 4) is 11.3 Å². The Morgan fingerprint density at radius 3 is 2.33 bits per heavy atom. The van der Waals surface area contributed by atoms with Crippen molar-refractivity contribution in [1.82, 2.24) is 18.8 Å². The predicted octanol–water partition coefficient (Wildman–Crippen LogP) is 5.82. The molecule has 3 aromatic carbocycles. The molecule has 2 fully saturated rings. The maximum Gasteiger partial charge on any atom is 0.268 e. The van der Waals surface area contributed by atoms with Crippen molar-refractivity contribution in [2.24, 2.45) is 0 Å². The van der Waals surface area contributed by atoms with Gasteiger partial charge in [0.1, 0.15) is 0 Å². The van der Waals surface area contributed by atoms with E-state index in [1.165, 1.54) is 3.97 Å². The lowest BCUT2D eigenvalue weighted by atomic mass is 9.96. The minimum Gasteiger partial charge on any atom is -0.399 e. The minimum absolute atomic E-state index is 0.0397. The quantitative estimate of drug-likeness (QED) is 0.232. The van der Waals surface area contributed by atoms with Crippen LogP contribution in [0.3, 0.4) is 0 Å². The Morgan fingerprint density at radius 1 is 0.930 bits per heavy atom. The molecule has 3 atom stereocenters. The average Bonchev–Trinajstić information content (AvgIpc) is 3.54. The van der Waals surface area contributed by atoms with Crippen LogP contribution in [0.5, 0.6) is 0 Å². The second-order valence-corrected chi connectivity index (χ2v) is 13.3. The molecule has 218 valence electrons. The zero-order valence-corrected chi connectivity index (χ0v) is 24.7. The van der Waals surface area contributed by atoms with Gasteiger partial charge in [0.25, 0.3) is 15.9 Å². The Morgan fingerprint density at radius 2 is 1.60 bits per heavy atom. The van der Waals surface area contributed by atoms with Gasteiger partial charge in [-0.25, -0.2) is 22.4 Å². The Balaban J connectivity index is 1.17. The van der Waals surface area contributed by atoms with Crippen molar-refractivity contribution in [2.75, 3.05) is 11.1 Å². The summed E-state index contributed by atoms with van der Waals surface area (Å²) in [7, 11) is -3.86. The number of anilines is 2. The van der Waals surface area contributed by atoms with E-state index in [1.807, 2.05) is 17.0 Å². The Hall–Kier alpha value is -4.41. The van der Waals surface area contributed by atoms with E-state index in [-0.39, 0.29) is 28.9 Å². The van der Waals surface area contributed by atoms with Crippen LogP contribution in [0.1, 0.15) is 36.0 Å². The topological polar surface area (TPSA) is 123 Å². The van der Waals surface area contributed by atoms with Gasteiger partial charge in [0.15, 0.2) is 0 Å².